The molecule has 0 aliphatic carbocycles. The number of nitrogens with one attached hydrogen (secondary N) is 1. The van der Waals surface area contributed by atoms with Crippen LogP contribution in [0, 0.1) is 5.41 Å². The molecule has 5 aromatic rings. The van der Waals surface area contributed by atoms with Crippen molar-refractivity contribution in [3.05, 3.63) is 154 Å². The third-order valence-electron chi connectivity index (χ3n) is 10.7. The van der Waals surface area contributed by atoms with Crippen LogP contribution in [0.5, 0.6) is 0 Å². The van der Waals surface area contributed by atoms with E-state index in [1.54, 1.807) is 11.8 Å². The van der Waals surface area contributed by atoms with Crippen LogP contribution in [-0.4, -0.2) is 39.3 Å². The van der Waals surface area contributed by atoms with Gasteiger partial charge in [-0.2, -0.15) is 0 Å². The van der Waals surface area contributed by atoms with Crippen molar-refractivity contribution in [2.24, 2.45) is 10.4 Å². The van der Waals surface area contributed by atoms with E-state index in [0.717, 1.165) is 52.5 Å². The number of thioether (sulfide) groups is 1. The third kappa shape index (κ3) is 8.84. The molecular weight excluding hydrogens is 707 g/mol. The number of hydrogen-bond donors (Lipinski definition) is 1. The molecule has 0 radical (unpaired) electrons. The predicted octanol–water partition coefficient (Wildman–Crippen LogP) is 11.5. The summed E-state index contributed by atoms with van der Waals surface area (Å²) in [6, 6.07) is 42.4. The Morgan fingerprint density at radius 1 is 0.643 bits per heavy atom. The fourth-order valence-electron chi connectivity index (χ4n) is 7.06. The van der Waals surface area contributed by atoms with E-state index in [2.05, 4.69) is 191 Å². The summed E-state index contributed by atoms with van der Waals surface area (Å²) in [6.07, 6.45) is 0. The Morgan fingerprint density at radius 2 is 1.07 bits per heavy atom. The lowest BCUT2D eigenvalue weighted by molar-refractivity contribution is -0.126. The van der Waals surface area contributed by atoms with Crippen molar-refractivity contribution in [3.63, 3.8) is 0 Å². The van der Waals surface area contributed by atoms with E-state index in [9.17, 15) is 4.79 Å². The van der Waals surface area contributed by atoms with E-state index in [-0.39, 0.29) is 5.91 Å². The maximum absolute atomic E-state index is 13.7. The van der Waals surface area contributed by atoms with Gasteiger partial charge in [0.15, 0.2) is 5.17 Å². The Kier molecular flexibility index (Phi) is 12.1. The Bertz CT molecular complexity index is 2040. The van der Waals surface area contributed by atoms with Gasteiger partial charge in [-0.15, -0.1) is 0 Å². The second-order valence-electron chi connectivity index (χ2n) is 17.1. The van der Waals surface area contributed by atoms with Crippen molar-refractivity contribution in [2.45, 2.75) is 78.1 Å². The van der Waals surface area contributed by atoms with E-state index in [1.807, 2.05) is 20.8 Å². The van der Waals surface area contributed by atoms with Gasteiger partial charge in [0.1, 0.15) is 4.75 Å². The van der Waals surface area contributed by atoms with Crippen LogP contribution >= 0.6 is 11.8 Å². The lowest BCUT2D eigenvalue weighted by Gasteiger charge is -2.40. The first-order valence-electron chi connectivity index (χ1n) is 19.8. The highest BCUT2D eigenvalue weighted by Gasteiger charge is 2.44. The SMILES string of the molecule is CC(C)c1ccc(CN(Cc2ccc(C(C)C)cc2)c2ccc3c(c2)N=C(NC(=O)C(C)(C)C)SC3(c2ccc(N(C)C)cc2)c2ccc(N(C)C)cc2)cc1. The summed E-state index contributed by atoms with van der Waals surface area (Å²) in [5.74, 6) is 0.879. The fraction of sp³-hybridized carbons (Fsp3) is 0.347. The van der Waals surface area contributed by atoms with Crippen LogP contribution in [0.4, 0.5) is 22.7 Å². The van der Waals surface area contributed by atoms with Gasteiger partial charge in [0.2, 0.25) is 5.91 Å². The second kappa shape index (κ2) is 16.6. The minimum absolute atomic E-state index is 0.0699. The lowest BCUT2D eigenvalue weighted by Crippen LogP contribution is -2.41. The molecule has 1 N–H and O–H groups in total. The molecule has 1 amide bonds. The van der Waals surface area contributed by atoms with Gasteiger partial charge in [-0.25, -0.2) is 4.99 Å². The van der Waals surface area contributed by atoms with Gasteiger partial charge in [0.25, 0.3) is 0 Å². The molecule has 0 bridgehead atoms. The van der Waals surface area contributed by atoms with Crippen molar-refractivity contribution >= 4 is 45.6 Å². The number of aliphatic imine (C=N–C) groups is 1. The number of rotatable bonds is 11. The van der Waals surface area contributed by atoms with Gasteiger partial charge in [-0.05, 0) is 81.6 Å². The summed E-state index contributed by atoms with van der Waals surface area (Å²) >= 11 is 1.60. The zero-order chi connectivity index (χ0) is 40.4. The second-order valence-corrected chi connectivity index (χ2v) is 18.3. The molecule has 0 atom stereocenters. The minimum atomic E-state index is -0.698. The molecule has 292 valence electrons. The number of hydrogen-bond acceptors (Lipinski definition) is 6. The van der Waals surface area contributed by atoms with Crippen molar-refractivity contribution in [2.75, 3.05) is 42.9 Å². The van der Waals surface area contributed by atoms with Crippen LogP contribution in [0.15, 0.2) is 120 Å². The summed E-state index contributed by atoms with van der Waals surface area (Å²) < 4.78 is -0.698. The number of fused-ring (bicyclic) bond motifs is 1. The molecule has 7 heteroatoms. The summed E-state index contributed by atoms with van der Waals surface area (Å²) in [5, 5.41) is 3.84. The summed E-state index contributed by atoms with van der Waals surface area (Å²) in [6.45, 7) is 16.2. The molecule has 6 nitrogen and oxygen atoms in total. The lowest BCUT2D eigenvalue weighted by atomic mass is 9.82. The van der Waals surface area contributed by atoms with E-state index < -0.39 is 10.2 Å². The van der Waals surface area contributed by atoms with Crippen molar-refractivity contribution < 1.29 is 4.79 Å². The average Bonchev–Trinajstić information content (AvgIpc) is 3.17. The molecular formula is C49H59N5OS. The molecule has 5 aromatic carbocycles. The molecule has 0 aromatic heterocycles. The third-order valence-corrected chi connectivity index (χ3v) is 12.1. The number of anilines is 3. The molecule has 6 rings (SSSR count). The highest BCUT2D eigenvalue weighted by atomic mass is 32.2. The summed E-state index contributed by atoms with van der Waals surface area (Å²) in [5.41, 5.74) is 12.0. The number of benzene rings is 5. The Labute approximate surface area is 340 Å². The first-order valence-corrected chi connectivity index (χ1v) is 20.6. The molecule has 56 heavy (non-hydrogen) atoms. The van der Waals surface area contributed by atoms with Crippen LogP contribution in [0.3, 0.4) is 0 Å². The largest absolute Gasteiger partial charge is 0.378 e. The molecule has 1 aliphatic heterocycles. The maximum atomic E-state index is 13.7. The van der Waals surface area contributed by atoms with Crippen molar-refractivity contribution in [1.82, 2.24) is 5.32 Å². The fourth-order valence-corrected chi connectivity index (χ4v) is 8.42. The summed E-state index contributed by atoms with van der Waals surface area (Å²) in [4.78, 5) is 25.6. The molecule has 1 aliphatic rings. The summed E-state index contributed by atoms with van der Waals surface area (Å²) in [7, 11) is 8.25. The van der Waals surface area contributed by atoms with Crippen molar-refractivity contribution in [1.29, 1.82) is 0 Å². The van der Waals surface area contributed by atoms with Gasteiger partial charge >= 0.3 is 0 Å². The molecule has 0 spiro atoms. The van der Waals surface area contributed by atoms with Gasteiger partial charge in [-0.1, -0.05) is 139 Å². The van der Waals surface area contributed by atoms with Gasteiger partial charge < -0.3 is 20.0 Å². The zero-order valence-electron chi connectivity index (χ0n) is 35.1. The molecule has 1 heterocycles. The van der Waals surface area contributed by atoms with Crippen LogP contribution < -0.4 is 20.0 Å². The molecule has 0 saturated carbocycles. The van der Waals surface area contributed by atoms with E-state index in [4.69, 9.17) is 4.99 Å². The van der Waals surface area contributed by atoms with E-state index in [0.29, 0.717) is 17.0 Å². The quantitative estimate of drug-likeness (QED) is 0.145. The minimum Gasteiger partial charge on any atom is -0.378 e. The van der Waals surface area contributed by atoms with Crippen LogP contribution in [0.2, 0.25) is 0 Å². The molecule has 0 unspecified atom stereocenters. The van der Waals surface area contributed by atoms with Gasteiger partial charge in [-0.3, -0.25) is 4.79 Å². The van der Waals surface area contributed by atoms with Gasteiger partial charge in [0.05, 0.1) is 5.69 Å². The van der Waals surface area contributed by atoms with Crippen LogP contribution in [-0.2, 0) is 22.6 Å². The Morgan fingerprint density at radius 3 is 1.46 bits per heavy atom. The number of nitrogens with zero attached hydrogens (tertiary/aromatic N) is 4. The topological polar surface area (TPSA) is 51.2 Å². The normalized spacial score (nSPS) is 13.6. The molecule has 0 fully saturated rings. The maximum Gasteiger partial charge on any atom is 0.231 e. The smallest absolute Gasteiger partial charge is 0.231 e. The highest BCUT2D eigenvalue weighted by molar-refractivity contribution is 8.15. The number of carbonyl (C=O) groups excluding carboxylic acids is 1. The number of amidine groups is 1. The first kappa shape index (κ1) is 40.6. The van der Waals surface area contributed by atoms with E-state index >= 15 is 0 Å². The first-order chi connectivity index (χ1) is 26.5. The average molecular weight is 766 g/mol. The standard InChI is InChI=1S/C49H59N5OS/c1-33(2)37-16-12-35(13-17-37)31-54(32-36-14-18-38(19-15-36)34(3)4)43-28-29-44-45(30-43)50-47(51-46(55)48(5,6)7)56-49(44,39-20-24-41(25-21-39)52(8)9)40-22-26-42(27-23-40)53(10)11/h12-30,33-34H,31-32H2,1-11H3,(H,50,51,55). The van der Waals surface area contributed by atoms with Crippen LogP contribution in [0.1, 0.15) is 99.2 Å². The monoisotopic (exact) mass is 765 g/mol. The zero-order valence-corrected chi connectivity index (χ0v) is 36.0. The number of carbonyl (C=O) groups is 1. The van der Waals surface area contributed by atoms with Gasteiger partial charge in [0, 0.05) is 69.3 Å². The predicted molar refractivity (Wildman–Crippen MR) is 241 cm³/mol. The Balaban J connectivity index is 1.54. The Hall–Kier alpha value is -5.01. The van der Waals surface area contributed by atoms with E-state index in [1.165, 1.54) is 22.3 Å². The van der Waals surface area contributed by atoms with Crippen molar-refractivity contribution in [3.8, 4) is 0 Å². The van der Waals surface area contributed by atoms with Crippen LogP contribution in [0.25, 0.3) is 0 Å². The highest BCUT2D eigenvalue weighted by Crippen LogP contribution is 2.55. The number of amides is 1. The molecule has 0 saturated heterocycles.